The fourth-order valence-corrected chi connectivity index (χ4v) is 1.75. The first-order chi connectivity index (χ1) is 9.81. The maximum atomic E-state index is 12.7. The molecule has 0 amide bonds. The van der Waals surface area contributed by atoms with Crippen LogP contribution in [0.15, 0.2) is 24.4 Å². The minimum Gasteiger partial charge on any atom is -0.338 e. The molecule has 0 spiro atoms. The van der Waals surface area contributed by atoms with Gasteiger partial charge in [0, 0.05) is 0 Å². The van der Waals surface area contributed by atoms with Gasteiger partial charge in [0.05, 0.1) is 22.5 Å². The molecule has 0 bridgehead atoms. The number of nitrogen functional groups attached to an aromatic ring is 1. The molecule has 112 valence electrons. The van der Waals surface area contributed by atoms with Crippen LogP contribution < -0.4 is 16.6 Å². The van der Waals surface area contributed by atoms with E-state index in [9.17, 15) is 13.2 Å². The van der Waals surface area contributed by atoms with E-state index in [-0.39, 0.29) is 27.5 Å². The lowest BCUT2D eigenvalue weighted by Gasteiger charge is -2.13. The van der Waals surface area contributed by atoms with Gasteiger partial charge in [-0.05, 0) is 18.2 Å². The Morgan fingerprint density at radius 1 is 1.14 bits per heavy atom. The van der Waals surface area contributed by atoms with Crippen molar-refractivity contribution >= 4 is 40.7 Å². The third kappa shape index (κ3) is 3.66. The molecule has 0 unspecified atom stereocenters. The summed E-state index contributed by atoms with van der Waals surface area (Å²) >= 11 is 11.7. The van der Waals surface area contributed by atoms with Gasteiger partial charge in [-0.3, -0.25) is 5.43 Å². The number of hydrogen-bond acceptors (Lipinski definition) is 5. The largest absolute Gasteiger partial charge is 0.416 e. The zero-order valence-electron chi connectivity index (χ0n) is 10.2. The number of nitrogens with one attached hydrogen (secondary N) is 2. The van der Waals surface area contributed by atoms with Crippen LogP contribution in [0.1, 0.15) is 5.56 Å². The highest BCUT2D eigenvalue weighted by Gasteiger charge is 2.31. The Labute approximate surface area is 127 Å². The Morgan fingerprint density at radius 2 is 1.86 bits per heavy atom. The first kappa shape index (κ1) is 15.6. The van der Waals surface area contributed by atoms with Gasteiger partial charge in [0.2, 0.25) is 5.95 Å². The quantitative estimate of drug-likeness (QED) is 0.586. The molecule has 1 aromatic carbocycles. The van der Waals surface area contributed by atoms with Crippen molar-refractivity contribution < 1.29 is 13.2 Å². The molecule has 0 saturated heterocycles. The summed E-state index contributed by atoms with van der Waals surface area (Å²) in [7, 11) is 0. The van der Waals surface area contributed by atoms with E-state index in [1.807, 2.05) is 0 Å². The molecule has 0 saturated carbocycles. The molecule has 10 heteroatoms. The van der Waals surface area contributed by atoms with Gasteiger partial charge in [-0.25, -0.2) is 10.8 Å². The molecule has 0 aliphatic heterocycles. The second-order valence-electron chi connectivity index (χ2n) is 3.85. The molecular weight excluding hydrogens is 330 g/mol. The molecule has 2 aromatic rings. The first-order valence-corrected chi connectivity index (χ1v) is 6.20. The molecule has 0 radical (unpaired) electrons. The summed E-state index contributed by atoms with van der Waals surface area (Å²) in [6.45, 7) is 0. The lowest BCUT2D eigenvalue weighted by molar-refractivity contribution is -0.137. The van der Waals surface area contributed by atoms with Crippen molar-refractivity contribution in [3.63, 3.8) is 0 Å². The fourth-order valence-electron chi connectivity index (χ4n) is 1.45. The van der Waals surface area contributed by atoms with E-state index in [2.05, 4.69) is 20.7 Å². The number of halogens is 5. The van der Waals surface area contributed by atoms with Gasteiger partial charge in [-0.1, -0.05) is 23.2 Å². The zero-order chi connectivity index (χ0) is 15.6. The van der Waals surface area contributed by atoms with Crippen molar-refractivity contribution in [2.75, 3.05) is 10.7 Å². The van der Waals surface area contributed by atoms with Crippen LogP contribution in [0.4, 0.5) is 30.6 Å². The Balaban J connectivity index is 2.39. The van der Waals surface area contributed by atoms with Crippen LogP contribution >= 0.6 is 23.2 Å². The van der Waals surface area contributed by atoms with Crippen LogP contribution in [0.2, 0.25) is 10.0 Å². The van der Waals surface area contributed by atoms with Crippen molar-refractivity contribution in [1.82, 2.24) is 9.97 Å². The number of nitrogens with zero attached hydrogens (tertiary/aromatic N) is 2. The predicted molar refractivity (Wildman–Crippen MR) is 74.6 cm³/mol. The van der Waals surface area contributed by atoms with Crippen LogP contribution in [0.5, 0.6) is 0 Å². The van der Waals surface area contributed by atoms with E-state index in [4.69, 9.17) is 29.0 Å². The van der Waals surface area contributed by atoms with Crippen LogP contribution in [-0.4, -0.2) is 9.97 Å². The third-order valence-corrected chi connectivity index (χ3v) is 3.03. The Bertz CT molecular complexity index is 663. The number of hydrogen-bond donors (Lipinski definition) is 3. The van der Waals surface area contributed by atoms with Crippen molar-refractivity contribution in [2.24, 2.45) is 5.84 Å². The van der Waals surface area contributed by atoms with Crippen LogP contribution in [0, 0.1) is 0 Å². The zero-order valence-corrected chi connectivity index (χ0v) is 11.7. The van der Waals surface area contributed by atoms with Gasteiger partial charge in [0.15, 0.2) is 5.82 Å². The molecule has 1 heterocycles. The minimum absolute atomic E-state index is 0.00932. The number of hydrazine groups is 1. The van der Waals surface area contributed by atoms with Gasteiger partial charge in [-0.15, -0.1) is 0 Å². The normalized spacial score (nSPS) is 11.3. The summed E-state index contributed by atoms with van der Waals surface area (Å²) in [6, 6.07) is 2.86. The van der Waals surface area contributed by atoms with E-state index in [0.717, 1.165) is 18.2 Å². The lowest BCUT2D eigenvalue weighted by Crippen LogP contribution is -2.11. The van der Waals surface area contributed by atoms with Crippen molar-refractivity contribution in [2.45, 2.75) is 6.18 Å². The first-order valence-electron chi connectivity index (χ1n) is 5.44. The Hall–Kier alpha value is -1.77. The standard InChI is InChI=1S/C11H8Cl2F3N5/c12-6-2-1-5(11(14,15)16)3-8(6)19-9-7(13)4-18-10(20-9)21-17/h1-4H,17H2,(H2,18,19,20,21). The highest BCUT2D eigenvalue weighted by molar-refractivity contribution is 6.34. The van der Waals surface area contributed by atoms with Crippen molar-refractivity contribution in [3.05, 3.63) is 40.0 Å². The molecule has 0 aliphatic rings. The van der Waals surface area contributed by atoms with Gasteiger partial charge in [-0.2, -0.15) is 18.2 Å². The molecule has 2 rings (SSSR count). The van der Waals surface area contributed by atoms with Crippen LogP contribution in [-0.2, 0) is 6.18 Å². The molecule has 1 aromatic heterocycles. The molecule has 0 atom stereocenters. The van der Waals surface area contributed by atoms with E-state index < -0.39 is 11.7 Å². The Morgan fingerprint density at radius 3 is 2.48 bits per heavy atom. The average molecular weight is 338 g/mol. The number of rotatable bonds is 3. The molecule has 0 aliphatic carbocycles. The predicted octanol–water partition coefficient (Wildman–Crippen LogP) is 3.83. The van der Waals surface area contributed by atoms with E-state index >= 15 is 0 Å². The monoisotopic (exact) mass is 337 g/mol. The molecule has 4 N–H and O–H groups in total. The Kier molecular flexibility index (Phi) is 4.40. The molecule has 0 fully saturated rings. The van der Waals surface area contributed by atoms with Gasteiger partial charge in [0.1, 0.15) is 5.02 Å². The van der Waals surface area contributed by atoms with Crippen LogP contribution in [0.25, 0.3) is 0 Å². The number of anilines is 3. The van der Waals surface area contributed by atoms with Crippen molar-refractivity contribution in [3.8, 4) is 0 Å². The summed E-state index contributed by atoms with van der Waals surface area (Å²) in [5.74, 6) is 5.27. The fraction of sp³-hybridized carbons (Fsp3) is 0.0909. The minimum atomic E-state index is -4.49. The number of nitrogens with two attached hydrogens (primary N) is 1. The molecular formula is C11H8Cl2F3N5. The second kappa shape index (κ2) is 5.92. The number of aromatic nitrogens is 2. The summed E-state index contributed by atoms with van der Waals surface area (Å²) in [6.07, 6.45) is -3.24. The van der Waals surface area contributed by atoms with E-state index in [1.54, 1.807) is 0 Å². The lowest BCUT2D eigenvalue weighted by atomic mass is 10.2. The van der Waals surface area contributed by atoms with E-state index in [0.29, 0.717) is 0 Å². The van der Waals surface area contributed by atoms with Crippen LogP contribution in [0.3, 0.4) is 0 Å². The number of benzene rings is 1. The smallest absolute Gasteiger partial charge is 0.338 e. The topological polar surface area (TPSA) is 75.9 Å². The van der Waals surface area contributed by atoms with Gasteiger partial charge >= 0.3 is 6.18 Å². The van der Waals surface area contributed by atoms with E-state index in [1.165, 1.54) is 6.20 Å². The SMILES string of the molecule is NNc1ncc(Cl)c(Nc2cc(C(F)(F)F)ccc2Cl)n1. The maximum absolute atomic E-state index is 12.7. The van der Waals surface area contributed by atoms with Crippen molar-refractivity contribution in [1.29, 1.82) is 0 Å². The summed E-state index contributed by atoms with van der Waals surface area (Å²) < 4.78 is 38.1. The van der Waals surface area contributed by atoms with Gasteiger partial charge in [0.25, 0.3) is 0 Å². The summed E-state index contributed by atoms with van der Waals surface area (Å²) in [5.41, 5.74) is 1.36. The summed E-state index contributed by atoms with van der Waals surface area (Å²) in [5, 5.41) is 2.80. The molecule has 5 nitrogen and oxygen atoms in total. The highest BCUT2D eigenvalue weighted by atomic mass is 35.5. The highest BCUT2D eigenvalue weighted by Crippen LogP contribution is 2.35. The van der Waals surface area contributed by atoms with Gasteiger partial charge < -0.3 is 5.32 Å². The second-order valence-corrected chi connectivity index (χ2v) is 4.67. The summed E-state index contributed by atoms with van der Waals surface area (Å²) in [4.78, 5) is 7.63. The average Bonchev–Trinajstić information content (AvgIpc) is 2.42. The molecule has 21 heavy (non-hydrogen) atoms. The number of alkyl halides is 3. The maximum Gasteiger partial charge on any atom is 0.416 e. The third-order valence-electron chi connectivity index (χ3n) is 2.42.